The van der Waals surface area contributed by atoms with Gasteiger partial charge in [-0.3, -0.25) is 4.79 Å². The highest BCUT2D eigenvalue weighted by molar-refractivity contribution is 5.75. The Balaban J connectivity index is 1.49. The van der Waals surface area contributed by atoms with Crippen LogP contribution in [-0.2, 0) is 11.2 Å². The summed E-state index contributed by atoms with van der Waals surface area (Å²) in [7, 11) is 0. The van der Waals surface area contributed by atoms with Crippen molar-refractivity contribution in [2.75, 3.05) is 26.2 Å². The average Bonchev–Trinajstić information content (AvgIpc) is 2.62. The Bertz CT molecular complexity index is 481. The molecule has 1 aromatic rings. The number of benzene rings is 1. The second-order valence-corrected chi connectivity index (χ2v) is 7.55. The maximum atomic E-state index is 11.6. The SMILES string of the molecule is CC(N)CCC(=O)NCCCCN1CCC(Cc2ccccc2)CC1. The third-order valence-corrected chi connectivity index (χ3v) is 5.12. The summed E-state index contributed by atoms with van der Waals surface area (Å²) in [5.41, 5.74) is 7.14. The minimum atomic E-state index is 0.107. The molecule has 4 nitrogen and oxygen atoms in total. The first kappa shape index (κ1) is 19.9. The minimum absolute atomic E-state index is 0.107. The number of nitrogens with zero attached hydrogens (tertiary/aromatic N) is 1. The van der Waals surface area contributed by atoms with E-state index in [9.17, 15) is 4.79 Å². The van der Waals surface area contributed by atoms with E-state index in [1.54, 1.807) is 0 Å². The second kappa shape index (κ2) is 11.3. The topological polar surface area (TPSA) is 58.4 Å². The maximum Gasteiger partial charge on any atom is 0.220 e. The van der Waals surface area contributed by atoms with Gasteiger partial charge in [0.25, 0.3) is 0 Å². The highest BCUT2D eigenvalue weighted by Crippen LogP contribution is 2.21. The molecular weight excluding hydrogens is 310 g/mol. The predicted octanol–water partition coefficient (Wildman–Crippen LogP) is 2.96. The van der Waals surface area contributed by atoms with E-state index in [0.29, 0.717) is 6.42 Å². The Morgan fingerprint density at radius 2 is 1.96 bits per heavy atom. The number of carbonyl (C=O) groups excluding carboxylic acids is 1. The normalized spacial score (nSPS) is 17.4. The molecule has 0 aromatic heterocycles. The van der Waals surface area contributed by atoms with Crippen molar-refractivity contribution in [3.05, 3.63) is 35.9 Å². The van der Waals surface area contributed by atoms with E-state index >= 15 is 0 Å². The molecule has 0 bridgehead atoms. The van der Waals surface area contributed by atoms with Crippen LogP contribution < -0.4 is 11.1 Å². The smallest absolute Gasteiger partial charge is 0.220 e. The van der Waals surface area contributed by atoms with Crippen molar-refractivity contribution in [2.45, 2.75) is 57.9 Å². The van der Waals surface area contributed by atoms with Gasteiger partial charge in [0.05, 0.1) is 0 Å². The van der Waals surface area contributed by atoms with Crippen LogP contribution in [0.25, 0.3) is 0 Å². The van der Waals surface area contributed by atoms with Gasteiger partial charge in [0.1, 0.15) is 0 Å². The Morgan fingerprint density at radius 1 is 1.24 bits per heavy atom. The molecule has 1 heterocycles. The third-order valence-electron chi connectivity index (χ3n) is 5.12. The van der Waals surface area contributed by atoms with E-state index in [1.807, 2.05) is 6.92 Å². The summed E-state index contributed by atoms with van der Waals surface area (Å²) in [4.78, 5) is 14.2. The number of hydrogen-bond donors (Lipinski definition) is 2. The number of amides is 1. The number of piperidine rings is 1. The summed E-state index contributed by atoms with van der Waals surface area (Å²) < 4.78 is 0. The molecule has 1 amide bonds. The van der Waals surface area contributed by atoms with Gasteiger partial charge in [0.2, 0.25) is 5.91 Å². The van der Waals surface area contributed by atoms with Crippen LogP contribution in [0.2, 0.25) is 0 Å². The number of rotatable bonds is 10. The molecule has 3 N–H and O–H groups in total. The van der Waals surface area contributed by atoms with Crippen LogP contribution in [0, 0.1) is 5.92 Å². The highest BCUT2D eigenvalue weighted by Gasteiger charge is 2.18. The average molecular weight is 346 g/mol. The summed E-state index contributed by atoms with van der Waals surface area (Å²) in [6.07, 6.45) is 7.38. The quantitative estimate of drug-likeness (QED) is 0.641. The molecule has 1 saturated heterocycles. The minimum Gasteiger partial charge on any atom is -0.356 e. The van der Waals surface area contributed by atoms with Crippen molar-refractivity contribution in [1.29, 1.82) is 0 Å². The van der Waals surface area contributed by atoms with Gasteiger partial charge in [0.15, 0.2) is 0 Å². The van der Waals surface area contributed by atoms with E-state index in [4.69, 9.17) is 5.73 Å². The number of nitrogens with one attached hydrogen (secondary N) is 1. The number of carbonyl (C=O) groups is 1. The molecule has 0 spiro atoms. The van der Waals surface area contributed by atoms with Crippen molar-refractivity contribution in [3.8, 4) is 0 Å². The van der Waals surface area contributed by atoms with E-state index < -0.39 is 0 Å². The zero-order chi connectivity index (χ0) is 17.9. The van der Waals surface area contributed by atoms with Crippen LogP contribution >= 0.6 is 0 Å². The molecule has 25 heavy (non-hydrogen) atoms. The van der Waals surface area contributed by atoms with Crippen molar-refractivity contribution < 1.29 is 4.79 Å². The molecule has 4 heteroatoms. The largest absolute Gasteiger partial charge is 0.356 e. The molecule has 1 aliphatic rings. The van der Waals surface area contributed by atoms with Crippen LogP contribution in [0.1, 0.15) is 51.0 Å². The lowest BCUT2D eigenvalue weighted by Crippen LogP contribution is -2.35. The van der Waals surface area contributed by atoms with Crippen LogP contribution in [0.15, 0.2) is 30.3 Å². The van der Waals surface area contributed by atoms with E-state index in [0.717, 1.165) is 38.3 Å². The first-order valence-corrected chi connectivity index (χ1v) is 9.92. The van der Waals surface area contributed by atoms with Gasteiger partial charge >= 0.3 is 0 Å². The number of likely N-dealkylation sites (tertiary alicyclic amines) is 1. The van der Waals surface area contributed by atoms with E-state index in [-0.39, 0.29) is 11.9 Å². The van der Waals surface area contributed by atoms with E-state index in [2.05, 4.69) is 40.5 Å². The Labute approximate surface area is 153 Å². The Morgan fingerprint density at radius 3 is 2.64 bits per heavy atom. The molecule has 1 atom stereocenters. The van der Waals surface area contributed by atoms with Crippen molar-refractivity contribution >= 4 is 5.91 Å². The fraction of sp³-hybridized carbons (Fsp3) is 0.667. The predicted molar refractivity (Wildman–Crippen MR) is 104 cm³/mol. The van der Waals surface area contributed by atoms with Crippen molar-refractivity contribution in [2.24, 2.45) is 11.7 Å². The van der Waals surface area contributed by atoms with Gasteiger partial charge in [-0.25, -0.2) is 0 Å². The molecular formula is C21H35N3O. The fourth-order valence-corrected chi connectivity index (χ4v) is 3.50. The molecule has 0 aliphatic carbocycles. The first-order chi connectivity index (χ1) is 12.1. The molecule has 0 radical (unpaired) electrons. The third kappa shape index (κ3) is 8.50. The van der Waals surface area contributed by atoms with E-state index in [1.165, 1.54) is 37.9 Å². The molecule has 1 aliphatic heterocycles. The highest BCUT2D eigenvalue weighted by atomic mass is 16.1. The van der Waals surface area contributed by atoms with Crippen LogP contribution in [-0.4, -0.2) is 43.0 Å². The summed E-state index contributed by atoms with van der Waals surface area (Å²) in [5.74, 6) is 0.974. The zero-order valence-corrected chi connectivity index (χ0v) is 15.8. The molecule has 1 aromatic carbocycles. The summed E-state index contributed by atoms with van der Waals surface area (Å²) in [5, 5.41) is 3.00. The van der Waals surface area contributed by atoms with Gasteiger partial charge in [-0.2, -0.15) is 0 Å². The Kier molecular flexibility index (Phi) is 8.98. The van der Waals surface area contributed by atoms with Crippen LogP contribution in [0.5, 0.6) is 0 Å². The van der Waals surface area contributed by atoms with Gasteiger partial charge in [-0.15, -0.1) is 0 Å². The first-order valence-electron chi connectivity index (χ1n) is 9.92. The number of unbranched alkanes of at least 4 members (excludes halogenated alkanes) is 1. The van der Waals surface area contributed by atoms with Crippen LogP contribution in [0.4, 0.5) is 0 Å². The molecule has 1 fully saturated rings. The molecule has 2 rings (SSSR count). The maximum absolute atomic E-state index is 11.6. The van der Waals surface area contributed by atoms with Crippen molar-refractivity contribution in [3.63, 3.8) is 0 Å². The number of hydrogen-bond acceptors (Lipinski definition) is 3. The zero-order valence-electron chi connectivity index (χ0n) is 15.8. The molecule has 1 unspecified atom stereocenters. The summed E-state index contributed by atoms with van der Waals surface area (Å²) in [6.45, 7) is 6.34. The van der Waals surface area contributed by atoms with Gasteiger partial charge < -0.3 is 16.0 Å². The lowest BCUT2D eigenvalue weighted by Gasteiger charge is -2.32. The monoisotopic (exact) mass is 345 g/mol. The van der Waals surface area contributed by atoms with Crippen molar-refractivity contribution in [1.82, 2.24) is 10.2 Å². The standard InChI is InChI=1S/C21H35N3O/c1-18(22)9-10-21(25)23-13-5-6-14-24-15-11-20(12-16-24)17-19-7-3-2-4-8-19/h2-4,7-8,18,20H,5-6,9-17,22H2,1H3,(H,23,25). The summed E-state index contributed by atoms with van der Waals surface area (Å²) >= 11 is 0. The molecule has 140 valence electrons. The molecule has 0 saturated carbocycles. The lowest BCUT2D eigenvalue weighted by atomic mass is 9.90. The summed E-state index contributed by atoms with van der Waals surface area (Å²) in [6, 6.07) is 11.0. The van der Waals surface area contributed by atoms with Gasteiger partial charge in [-0.05, 0) is 76.6 Å². The second-order valence-electron chi connectivity index (χ2n) is 7.55. The fourth-order valence-electron chi connectivity index (χ4n) is 3.50. The number of nitrogens with two attached hydrogens (primary N) is 1. The van der Waals surface area contributed by atoms with Gasteiger partial charge in [0, 0.05) is 19.0 Å². The lowest BCUT2D eigenvalue weighted by molar-refractivity contribution is -0.121. The van der Waals surface area contributed by atoms with Gasteiger partial charge in [-0.1, -0.05) is 30.3 Å². The van der Waals surface area contributed by atoms with Crippen LogP contribution in [0.3, 0.4) is 0 Å². The Hall–Kier alpha value is -1.39.